The molecule has 0 aliphatic carbocycles. The summed E-state index contributed by atoms with van der Waals surface area (Å²) < 4.78 is 29.1. The van der Waals surface area contributed by atoms with Crippen LogP contribution < -0.4 is 20.1 Å². The van der Waals surface area contributed by atoms with Crippen molar-refractivity contribution in [1.29, 1.82) is 0 Å². The molecule has 0 unspecified atom stereocenters. The number of amides is 3. The molecule has 0 bridgehead atoms. The van der Waals surface area contributed by atoms with Gasteiger partial charge in [-0.3, -0.25) is 10.1 Å². The minimum atomic E-state index is -1.03. The molecule has 3 rings (SSSR count). The highest BCUT2D eigenvalue weighted by Gasteiger charge is 2.29. The molecule has 0 saturated heterocycles. The number of hydrogen-bond donors (Lipinski definition) is 2. The van der Waals surface area contributed by atoms with Crippen molar-refractivity contribution in [2.24, 2.45) is 0 Å². The highest BCUT2D eigenvalue weighted by atomic mass is 19.1. The number of imide groups is 1. The molecular weight excluding hydrogens is 359 g/mol. The Morgan fingerprint density at radius 3 is 2.56 bits per heavy atom. The topological polar surface area (TPSA) is 103 Å². The fourth-order valence-electron chi connectivity index (χ4n) is 2.24. The minimum Gasteiger partial charge on any atom is -0.485 e. The SMILES string of the molecule is O=C(COC(=O)[C@@H]1COc2ccccc2O1)NC(=O)Nc1ccccc1F. The molecule has 0 fully saturated rings. The van der Waals surface area contributed by atoms with E-state index in [1.807, 2.05) is 5.32 Å². The van der Waals surface area contributed by atoms with Gasteiger partial charge in [-0.25, -0.2) is 14.0 Å². The Morgan fingerprint density at radius 1 is 1.07 bits per heavy atom. The number of carbonyl (C=O) groups excluding carboxylic acids is 3. The van der Waals surface area contributed by atoms with Gasteiger partial charge in [-0.15, -0.1) is 0 Å². The minimum absolute atomic E-state index is 0.0643. The molecule has 0 aromatic heterocycles. The maximum absolute atomic E-state index is 13.4. The van der Waals surface area contributed by atoms with Crippen molar-refractivity contribution < 1.29 is 33.0 Å². The van der Waals surface area contributed by atoms with Crippen LogP contribution in [0.4, 0.5) is 14.9 Å². The lowest BCUT2D eigenvalue weighted by Gasteiger charge is -2.24. The Hall–Kier alpha value is -3.62. The fraction of sp³-hybridized carbons (Fsp3) is 0.167. The number of fused-ring (bicyclic) bond motifs is 1. The first-order valence-electron chi connectivity index (χ1n) is 7.93. The Bertz CT molecular complexity index is 872. The van der Waals surface area contributed by atoms with E-state index in [2.05, 4.69) is 5.32 Å². The molecule has 1 heterocycles. The van der Waals surface area contributed by atoms with Gasteiger partial charge < -0.3 is 19.5 Å². The van der Waals surface area contributed by atoms with Gasteiger partial charge in [0.25, 0.3) is 5.91 Å². The van der Waals surface area contributed by atoms with Crippen molar-refractivity contribution in [2.75, 3.05) is 18.5 Å². The molecule has 1 aliphatic rings. The molecule has 2 N–H and O–H groups in total. The van der Waals surface area contributed by atoms with Crippen LogP contribution in [0.3, 0.4) is 0 Å². The van der Waals surface area contributed by atoms with Crippen LogP contribution in [-0.4, -0.2) is 37.2 Å². The number of esters is 1. The maximum atomic E-state index is 13.4. The second kappa shape index (κ2) is 8.17. The van der Waals surface area contributed by atoms with Crippen LogP contribution >= 0.6 is 0 Å². The number of benzene rings is 2. The predicted molar refractivity (Wildman–Crippen MR) is 90.9 cm³/mol. The number of rotatable bonds is 4. The van der Waals surface area contributed by atoms with Crippen LogP contribution in [0.5, 0.6) is 11.5 Å². The third-order valence-electron chi connectivity index (χ3n) is 3.49. The number of halogens is 1. The zero-order valence-electron chi connectivity index (χ0n) is 13.9. The van der Waals surface area contributed by atoms with Gasteiger partial charge in [0.1, 0.15) is 12.4 Å². The van der Waals surface area contributed by atoms with E-state index in [0.29, 0.717) is 11.5 Å². The first-order chi connectivity index (χ1) is 13.0. The summed E-state index contributed by atoms with van der Waals surface area (Å²) in [5, 5.41) is 4.10. The predicted octanol–water partition coefficient (Wildman–Crippen LogP) is 1.86. The number of nitrogens with one attached hydrogen (secondary N) is 2. The molecule has 140 valence electrons. The average Bonchev–Trinajstić information content (AvgIpc) is 2.67. The fourth-order valence-corrected chi connectivity index (χ4v) is 2.24. The molecule has 1 aliphatic heterocycles. The van der Waals surface area contributed by atoms with E-state index in [-0.39, 0.29) is 12.3 Å². The van der Waals surface area contributed by atoms with Crippen molar-refractivity contribution in [1.82, 2.24) is 5.32 Å². The van der Waals surface area contributed by atoms with E-state index in [9.17, 15) is 18.8 Å². The zero-order chi connectivity index (χ0) is 19.2. The molecule has 2 aromatic carbocycles. The number of urea groups is 1. The van der Waals surface area contributed by atoms with Crippen molar-refractivity contribution in [3.05, 3.63) is 54.3 Å². The second-order valence-corrected chi connectivity index (χ2v) is 5.45. The van der Waals surface area contributed by atoms with Crippen LogP contribution in [0.15, 0.2) is 48.5 Å². The van der Waals surface area contributed by atoms with Gasteiger partial charge in [-0.2, -0.15) is 0 Å². The van der Waals surface area contributed by atoms with E-state index < -0.39 is 36.4 Å². The monoisotopic (exact) mass is 374 g/mol. The molecular formula is C18H15FN2O6. The molecule has 8 nitrogen and oxygen atoms in total. The Kier molecular flexibility index (Phi) is 5.50. The number of para-hydroxylation sites is 3. The lowest BCUT2D eigenvalue weighted by molar-refractivity contribution is -0.157. The Balaban J connectivity index is 1.44. The van der Waals surface area contributed by atoms with Crippen LogP contribution in [0.2, 0.25) is 0 Å². The Morgan fingerprint density at radius 2 is 1.78 bits per heavy atom. The lowest BCUT2D eigenvalue weighted by atomic mass is 10.2. The Labute approximate surface area is 153 Å². The molecule has 27 heavy (non-hydrogen) atoms. The molecule has 0 saturated carbocycles. The van der Waals surface area contributed by atoms with E-state index in [4.69, 9.17) is 14.2 Å². The van der Waals surface area contributed by atoms with Gasteiger partial charge in [0.2, 0.25) is 6.10 Å². The summed E-state index contributed by atoms with van der Waals surface area (Å²) in [6, 6.07) is 11.3. The van der Waals surface area contributed by atoms with Crippen LogP contribution in [0.25, 0.3) is 0 Å². The van der Waals surface area contributed by atoms with Gasteiger partial charge in [0.05, 0.1) is 5.69 Å². The second-order valence-electron chi connectivity index (χ2n) is 5.45. The largest absolute Gasteiger partial charge is 0.485 e. The van der Waals surface area contributed by atoms with E-state index in [1.165, 1.54) is 18.2 Å². The van der Waals surface area contributed by atoms with Crippen LogP contribution in [0, 0.1) is 5.82 Å². The van der Waals surface area contributed by atoms with Gasteiger partial charge in [0.15, 0.2) is 18.1 Å². The van der Waals surface area contributed by atoms with Crippen LogP contribution in [-0.2, 0) is 14.3 Å². The summed E-state index contributed by atoms with van der Waals surface area (Å²) in [5.41, 5.74) is -0.0915. The number of anilines is 1. The maximum Gasteiger partial charge on any atom is 0.351 e. The van der Waals surface area contributed by atoms with Gasteiger partial charge in [-0.1, -0.05) is 24.3 Å². The van der Waals surface area contributed by atoms with Crippen molar-refractivity contribution in [2.45, 2.75) is 6.10 Å². The average molecular weight is 374 g/mol. The summed E-state index contributed by atoms with van der Waals surface area (Å²) in [4.78, 5) is 35.3. The number of carbonyl (C=O) groups is 3. The van der Waals surface area contributed by atoms with Crippen molar-refractivity contribution in [3.63, 3.8) is 0 Å². The molecule has 0 radical (unpaired) electrons. The third-order valence-corrected chi connectivity index (χ3v) is 3.49. The van der Waals surface area contributed by atoms with E-state index >= 15 is 0 Å². The number of hydrogen-bond acceptors (Lipinski definition) is 6. The lowest BCUT2D eigenvalue weighted by Crippen LogP contribution is -2.41. The first kappa shape index (κ1) is 18.2. The van der Waals surface area contributed by atoms with Gasteiger partial charge in [-0.05, 0) is 24.3 Å². The van der Waals surface area contributed by atoms with Gasteiger partial charge >= 0.3 is 12.0 Å². The smallest absolute Gasteiger partial charge is 0.351 e. The summed E-state index contributed by atoms with van der Waals surface area (Å²) in [6.45, 7) is -0.768. The van der Waals surface area contributed by atoms with Gasteiger partial charge in [0, 0.05) is 0 Å². The summed E-state index contributed by atoms with van der Waals surface area (Å²) >= 11 is 0. The first-order valence-corrected chi connectivity index (χ1v) is 7.93. The summed E-state index contributed by atoms with van der Waals surface area (Å²) in [6.07, 6.45) is -1.03. The standard InChI is InChI=1S/C18H15FN2O6/c19-11-5-1-2-6-12(11)20-18(24)21-16(22)10-26-17(23)15-9-25-13-7-3-4-8-14(13)27-15/h1-8,15H,9-10H2,(H2,20,21,22,24)/t15-/m0/s1. The van der Waals surface area contributed by atoms with Crippen molar-refractivity contribution in [3.8, 4) is 11.5 Å². The molecule has 3 amide bonds. The number of ether oxygens (including phenoxy) is 3. The zero-order valence-corrected chi connectivity index (χ0v) is 13.9. The molecule has 1 atom stereocenters. The molecule has 0 spiro atoms. The summed E-state index contributed by atoms with van der Waals surface area (Å²) in [5.74, 6) is -1.45. The van der Waals surface area contributed by atoms with E-state index in [0.717, 1.165) is 6.07 Å². The molecule has 2 aromatic rings. The summed E-state index contributed by atoms with van der Waals surface area (Å²) in [7, 11) is 0. The van der Waals surface area contributed by atoms with Crippen LogP contribution in [0.1, 0.15) is 0 Å². The highest BCUT2D eigenvalue weighted by Crippen LogP contribution is 2.31. The molecule has 9 heteroatoms. The van der Waals surface area contributed by atoms with E-state index in [1.54, 1.807) is 24.3 Å². The normalized spacial score (nSPS) is 14.8. The quantitative estimate of drug-likeness (QED) is 0.792. The third kappa shape index (κ3) is 4.72. The highest BCUT2D eigenvalue weighted by molar-refractivity contribution is 6.02. The van der Waals surface area contributed by atoms with Crippen molar-refractivity contribution >= 4 is 23.6 Å².